The Labute approximate surface area is 97.5 Å². The number of hydrogen-bond acceptors (Lipinski definition) is 3. The number of allylic oxidation sites excluding steroid dienone is 1. The largest absolute Gasteiger partial charge is 0.218 e. The first kappa shape index (κ1) is 12.1. The van der Waals surface area contributed by atoms with E-state index in [2.05, 4.69) is 6.58 Å². The summed E-state index contributed by atoms with van der Waals surface area (Å²) in [5.41, 5.74) is 0. The summed E-state index contributed by atoms with van der Waals surface area (Å²) < 4.78 is 23.3. The van der Waals surface area contributed by atoms with E-state index in [1.165, 1.54) is 24.3 Å². The molecular formula is C9H5Cl2NO2S. The molecule has 0 heterocycles. The van der Waals surface area contributed by atoms with Gasteiger partial charge in [0.2, 0.25) is 9.84 Å². The number of nitriles is 1. The first-order chi connectivity index (χ1) is 6.91. The predicted molar refractivity (Wildman–Crippen MR) is 58.4 cm³/mol. The first-order valence-corrected chi connectivity index (χ1v) is 5.93. The van der Waals surface area contributed by atoms with Crippen molar-refractivity contribution >= 4 is 33.0 Å². The van der Waals surface area contributed by atoms with Crippen LogP contribution in [-0.2, 0) is 9.84 Å². The Morgan fingerprint density at radius 3 is 2.53 bits per heavy atom. The number of sulfone groups is 1. The predicted octanol–water partition coefficient (Wildman–Crippen LogP) is 2.80. The third kappa shape index (κ3) is 2.15. The van der Waals surface area contributed by atoms with Gasteiger partial charge in [0.1, 0.15) is 11.0 Å². The summed E-state index contributed by atoms with van der Waals surface area (Å²) in [6.45, 7) is 3.14. The first-order valence-electron chi connectivity index (χ1n) is 3.69. The molecule has 0 aromatic heterocycles. The standard InChI is InChI=1S/C9H5Cl2NO2S/c1-6(5-12)15(13,14)8-4-2-3-7(10)9(8)11/h2-4H,1H2. The zero-order valence-corrected chi connectivity index (χ0v) is 9.70. The van der Waals surface area contributed by atoms with Crippen molar-refractivity contribution in [2.75, 3.05) is 0 Å². The molecule has 0 radical (unpaired) electrons. The van der Waals surface area contributed by atoms with Crippen molar-refractivity contribution in [1.82, 2.24) is 0 Å². The summed E-state index contributed by atoms with van der Waals surface area (Å²) in [5, 5.41) is 8.50. The van der Waals surface area contributed by atoms with Crippen LogP contribution in [-0.4, -0.2) is 8.42 Å². The van der Waals surface area contributed by atoms with Crippen molar-refractivity contribution in [2.45, 2.75) is 4.90 Å². The van der Waals surface area contributed by atoms with Gasteiger partial charge in [0.25, 0.3) is 0 Å². The second kappa shape index (κ2) is 4.23. The van der Waals surface area contributed by atoms with Gasteiger partial charge in [-0.05, 0) is 12.1 Å². The molecule has 0 N–H and O–H groups in total. The lowest BCUT2D eigenvalue weighted by atomic mass is 10.4. The fraction of sp³-hybridized carbons (Fsp3) is 0. The minimum atomic E-state index is -3.91. The lowest BCUT2D eigenvalue weighted by molar-refractivity contribution is 0.603. The molecule has 1 rings (SSSR count). The van der Waals surface area contributed by atoms with Crippen molar-refractivity contribution in [2.24, 2.45) is 0 Å². The Bertz CT molecular complexity index is 558. The molecule has 0 bridgehead atoms. The van der Waals surface area contributed by atoms with Gasteiger partial charge in [0, 0.05) is 0 Å². The molecular weight excluding hydrogens is 257 g/mol. The zero-order chi connectivity index (χ0) is 11.6. The molecule has 1 aromatic carbocycles. The second-order valence-electron chi connectivity index (χ2n) is 2.59. The van der Waals surface area contributed by atoms with Gasteiger partial charge in [-0.2, -0.15) is 5.26 Å². The van der Waals surface area contributed by atoms with E-state index in [0.29, 0.717) is 0 Å². The van der Waals surface area contributed by atoms with E-state index >= 15 is 0 Å². The van der Waals surface area contributed by atoms with Crippen molar-refractivity contribution < 1.29 is 8.42 Å². The fourth-order valence-electron chi connectivity index (χ4n) is 0.884. The minimum absolute atomic E-state index is 0.101. The van der Waals surface area contributed by atoms with Crippen LogP contribution in [0.15, 0.2) is 34.6 Å². The van der Waals surface area contributed by atoms with Gasteiger partial charge in [0.15, 0.2) is 0 Å². The molecule has 0 aliphatic rings. The van der Waals surface area contributed by atoms with Crippen molar-refractivity contribution in [3.05, 3.63) is 39.7 Å². The van der Waals surface area contributed by atoms with Crippen molar-refractivity contribution in [1.29, 1.82) is 5.26 Å². The zero-order valence-electron chi connectivity index (χ0n) is 7.37. The Morgan fingerprint density at radius 2 is 2.00 bits per heavy atom. The van der Waals surface area contributed by atoms with E-state index < -0.39 is 14.7 Å². The number of rotatable bonds is 2. The van der Waals surface area contributed by atoms with Gasteiger partial charge in [-0.15, -0.1) is 0 Å². The highest BCUT2D eigenvalue weighted by atomic mass is 35.5. The molecule has 0 atom stereocenters. The smallest absolute Gasteiger partial charge is 0.217 e. The molecule has 3 nitrogen and oxygen atoms in total. The number of benzene rings is 1. The molecule has 0 amide bonds. The van der Waals surface area contributed by atoms with Crippen LogP contribution in [0.25, 0.3) is 0 Å². The Morgan fingerprint density at radius 1 is 1.40 bits per heavy atom. The number of nitrogens with zero attached hydrogens (tertiary/aromatic N) is 1. The summed E-state index contributed by atoms with van der Waals surface area (Å²) in [4.78, 5) is -0.769. The highest BCUT2D eigenvalue weighted by Crippen LogP contribution is 2.31. The molecule has 1 aromatic rings. The summed E-state index contributed by atoms with van der Waals surface area (Å²) in [6.07, 6.45) is 0. The molecule has 0 aliphatic heterocycles. The van der Waals surface area contributed by atoms with Gasteiger partial charge in [-0.25, -0.2) is 8.42 Å². The molecule has 0 fully saturated rings. The van der Waals surface area contributed by atoms with Crippen LogP contribution in [0.4, 0.5) is 0 Å². The van der Waals surface area contributed by atoms with Crippen molar-refractivity contribution in [3.8, 4) is 6.07 Å². The van der Waals surface area contributed by atoms with Crippen LogP contribution in [0.5, 0.6) is 0 Å². The Kier molecular flexibility index (Phi) is 3.40. The summed E-state index contributed by atoms with van der Waals surface area (Å²) in [5.74, 6) is 0. The van der Waals surface area contributed by atoms with E-state index in [9.17, 15) is 8.42 Å². The van der Waals surface area contributed by atoms with Gasteiger partial charge in [0.05, 0.1) is 14.9 Å². The second-order valence-corrected chi connectivity index (χ2v) is 5.32. The van der Waals surface area contributed by atoms with Gasteiger partial charge in [-0.1, -0.05) is 35.8 Å². The summed E-state index contributed by atoms with van der Waals surface area (Å²) >= 11 is 11.4. The SMILES string of the molecule is C=C(C#N)S(=O)(=O)c1cccc(Cl)c1Cl. The lowest BCUT2D eigenvalue weighted by Crippen LogP contribution is -2.03. The molecule has 0 spiro atoms. The number of halogens is 2. The van der Waals surface area contributed by atoms with Gasteiger partial charge in [-0.3, -0.25) is 0 Å². The maximum Gasteiger partial charge on any atom is 0.217 e. The van der Waals surface area contributed by atoms with Crippen LogP contribution < -0.4 is 0 Å². The molecule has 0 unspecified atom stereocenters. The van der Waals surface area contributed by atoms with Crippen LogP contribution in [0.1, 0.15) is 0 Å². The molecule has 6 heteroatoms. The number of hydrogen-bond donors (Lipinski definition) is 0. The molecule has 78 valence electrons. The maximum atomic E-state index is 11.7. The molecule has 15 heavy (non-hydrogen) atoms. The highest BCUT2D eigenvalue weighted by molar-refractivity contribution is 7.95. The van der Waals surface area contributed by atoms with Crippen LogP contribution in [0.2, 0.25) is 10.0 Å². The normalized spacial score (nSPS) is 10.7. The Balaban J connectivity index is 3.50. The molecule has 0 aliphatic carbocycles. The average molecular weight is 262 g/mol. The van der Waals surface area contributed by atoms with E-state index in [-0.39, 0.29) is 14.9 Å². The summed E-state index contributed by atoms with van der Waals surface area (Å²) in [6, 6.07) is 5.63. The minimum Gasteiger partial charge on any atom is -0.218 e. The maximum absolute atomic E-state index is 11.7. The average Bonchev–Trinajstić information content (AvgIpc) is 2.20. The van der Waals surface area contributed by atoms with Crippen LogP contribution in [0, 0.1) is 11.3 Å². The van der Waals surface area contributed by atoms with Crippen LogP contribution in [0.3, 0.4) is 0 Å². The third-order valence-corrected chi connectivity index (χ3v) is 4.25. The van der Waals surface area contributed by atoms with E-state index in [4.69, 9.17) is 28.5 Å². The monoisotopic (exact) mass is 261 g/mol. The summed E-state index contributed by atoms with van der Waals surface area (Å²) in [7, 11) is -3.91. The molecule has 0 saturated heterocycles. The van der Waals surface area contributed by atoms with Crippen molar-refractivity contribution in [3.63, 3.8) is 0 Å². The third-order valence-electron chi connectivity index (χ3n) is 1.65. The fourth-order valence-corrected chi connectivity index (χ4v) is 2.53. The van der Waals surface area contributed by atoms with Crippen LogP contribution >= 0.6 is 23.2 Å². The van der Waals surface area contributed by atoms with E-state index in [1.54, 1.807) is 0 Å². The quantitative estimate of drug-likeness (QED) is 0.770. The lowest BCUT2D eigenvalue weighted by Gasteiger charge is -2.04. The topological polar surface area (TPSA) is 57.9 Å². The van der Waals surface area contributed by atoms with Gasteiger partial charge < -0.3 is 0 Å². The highest BCUT2D eigenvalue weighted by Gasteiger charge is 2.22. The van der Waals surface area contributed by atoms with Gasteiger partial charge >= 0.3 is 0 Å². The Hall–Kier alpha value is -1.02. The van der Waals surface area contributed by atoms with E-state index in [1.807, 2.05) is 0 Å². The molecule has 0 saturated carbocycles. The van der Waals surface area contributed by atoms with E-state index in [0.717, 1.165) is 0 Å².